The maximum Gasteiger partial charge on any atom is 0.0787 e. The predicted molar refractivity (Wildman–Crippen MR) is 41.5 cm³/mol. The molecule has 1 aliphatic heterocycles. The third kappa shape index (κ3) is 2.08. The third-order valence-corrected chi connectivity index (χ3v) is 2.33. The Kier molecular flexibility index (Phi) is 2.27. The van der Waals surface area contributed by atoms with Gasteiger partial charge in [0.1, 0.15) is 0 Å². The molecule has 1 rings (SSSR count). The summed E-state index contributed by atoms with van der Waals surface area (Å²) < 4.78 is 7.98. The number of hydrogen-bond donors (Lipinski definition) is 0. The minimum atomic E-state index is 0.450. The van der Waals surface area contributed by atoms with E-state index in [2.05, 4.69) is 18.4 Å². The second-order valence-electron chi connectivity index (χ2n) is 2.98. The van der Waals surface area contributed by atoms with Gasteiger partial charge in [-0.15, -0.1) is 0 Å². The zero-order valence-electron chi connectivity index (χ0n) is 6.42. The highest BCUT2D eigenvalue weighted by molar-refractivity contribution is 6.04. The molecule has 0 unspecified atom stereocenters. The molecule has 0 N–H and O–H groups in total. The number of nitrogens with zero attached hydrogens (tertiary/aromatic N) is 1. The standard InChI is InChI=1S/C6H15NOSi/c1-5-3-7(9)4-6(2)8-5/h5-6H,3-4H2,1-2,9H3/t5-,6-/m1/s1. The van der Waals surface area contributed by atoms with Gasteiger partial charge >= 0.3 is 0 Å². The lowest BCUT2D eigenvalue weighted by molar-refractivity contribution is -0.0439. The molecule has 0 saturated carbocycles. The molecular formula is C6H15NOSi. The van der Waals surface area contributed by atoms with E-state index in [0.29, 0.717) is 12.2 Å². The van der Waals surface area contributed by atoms with Crippen LogP contribution in [0.25, 0.3) is 0 Å². The van der Waals surface area contributed by atoms with Gasteiger partial charge in [-0.25, -0.2) is 0 Å². The molecule has 1 saturated heterocycles. The average molecular weight is 145 g/mol. The van der Waals surface area contributed by atoms with E-state index < -0.39 is 0 Å². The van der Waals surface area contributed by atoms with Crippen molar-refractivity contribution < 1.29 is 4.74 Å². The fourth-order valence-electron chi connectivity index (χ4n) is 1.44. The van der Waals surface area contributed by atoms with E-state index in [9.17, 15) is 0 Å². The molecule has 1 heterocycles. The average Bonchev–Trinajstić information content (AvgIpc) is 1.59. The number of morpholine rings is 1. The van der Waals surface area contributed by atoms with Crippen molar-refractivity contribution in [1.82, 2.24) is 4.57 Å². The molecule has 0 spiro atoms. The molecule has 1 fully saturated rings. The van der Waals surface area contributed by atoms with Gasteiger partial charge in [0.25, 0.3) is 0 Å². The Morgan fingerprint density at radius 3 is 2.11 bits per heavy atom. The Balaban J connectivity index is 2.34. The molecule has 0 amide bonds. The monoisotopic (exact) mass is 145 g/mol. The Hall–Kier alpha value is 0.137. The van der Waals surface area contributed by atoms with Gasteiger partial charge in [-0.05, 0) is 13.8 Å². The summed E-state index contributed by atoms with van der Waals surface area (Å²) in [5.74, 6) is 0. The maximum absolute atomic E-state index is 5.54. The summed E-state index contributed by atoms with van der Waals surface area (Å²) >= 11 is 0. The predicted octanol–water partition coefficient (Wildman–Crippen LogP) is -0.624. The summed E-state index contributed by atoms with van der Waals surface area (Å²) in [5.41, 5.74) is 0. The largest absolute Gasteiger partial charge is 0.373 e. The number of ether oxygens (including phenoxy) is 1. The lowest BCUT2D eigenvalue weighted by Gasteiger charge is -2.32. The third-order valence-electron chi connectivity index (χ3n) is 1.60. The molecule has 0 aromatic rings. The number of hydrogen-bond acceptors (Lipinski definition) is 2. The first-order valence-electron chi connectivity index (χ1n) is 3.52. The van der Waals surface area contributed by atoms with Gasteiger partial charge in [-0.3, -0.25) is 0 Å². The smallest absolute Gasteiger partial charge is 0.0787 e. The molecule has 0 aromatic heterocycles. The van der Waals surface area contributed by atoms with Crippen molar-refractivity contribution in [3.63, 3.8) is 0 Å². The molecule has 3 heteroatoms. The SMILES string of the molecule is C[C@@H]1CN([SiH3])C[C@@H](C)O1. The van der Waals surface area contributed by atoms with E-state index in [1.54, 1.807) is 0 Å². The van der Waals surface area contributed by atoms with E-state index in [4.69, 9.17) is 4.74 Å². The fraction of sp³-hybridized carbons (Fsp3) is 1.00. The van der Waals surface area contributed by atoms with Crippen molar-refractivity contribution in [3.05, 3.63) is 0 Å². The highest BCUT2D eigenvalue weighted by Gasteiger charge is 2.17. The first-order chi connectivity index (χ1) is 4.18. The van der Waals surface area contributed by atoms with E-state index in [-0.39, 0.29) is 0 Å². The Bertz CT molecular complexity index is 74.0. The summed E-state index contributed by atoms with van der Waals surface area (Å²) in [7, 11) is 1.18. The summed E-state index contributed by atoms with van der Waals surface area (Å²) in [6, 6.07) is 0. The summed E-state index contributed by atoms with van der Waals surface area (Å²) in [6.45, 7) is 6.55. The van der Waals surface area contributed by atoms with Gasteiger partial charge in [-0.1, -0.05) is 0 Å². The van der Waals surface area contributed by atoms with Crippen molar-refractivity contribution >= 4 is 10.4 Å². The lowest BCUT2D eigenvalue weighted by Crippen LogP contribution is -2.43. The van der Waals surface area contributed by atoms with Crippen LogP contribution in [-0.2, 0) is 4.74 Å². The van der Waals surface area contributed by atoms with Crippen molar-refractivity contribution in [2.24, 2.45) is 0 Å². The van der Waals surface area contributed by atoms with Crippen LogP contribution in [-0.4, -0.2) is 40.3 Å². The van der Waals surface area contributed by atoms with Crippen LogP contribution in [0.15, 0.2) is 0 Å². The molecule has 2 atom stereocenters. The van der Waals surface area contributed by atoms with E-state index in [1.165, 1.54) is 10.4 Å². The van der Waals surface area contributed by atoms with E-state index in [1.807, 2.05) is 0 Å². The van der Waals surface area contributed by atoms with Crippen molar-refractivity contribution in [1.29, 1.82) is 0 Å². The Labute approximate surface area is 59.7 Å². The quantitative estimate of drug-likeness (QED) is 0.421. The zero-order chi connectivity index (χ0) is 6.85. The molecule has 2 nitrogen and oxygen atoms in total. The van der Waals surface area contributed by atoms with E-state index >= 15 is 0 Å². The summed E-state index contributed by atoms with van der Waals surface area (Å²) in [5, 5.41) is 0. The van der Waals surface area contributed by atoms with Gasteiger partial charge in [-0.2, -0.15) is 0 Å². The van der Waals surface area contributed by atoms with Crippen LogP contribution in [0.2, 0.25) is 0 Å². The molecule has 1 aliphatic rings. The summed E-state index contributed by atoms with van der Waals surface area (Å²) in [4.78, 5) is 0. The highest BCUT2D eigenvalue weighted by Crippen LogP contribution is 2.06. The van der Waals surface area contributed by atoms with Gasteiger partial charge in [0, 0.05) is 13.1 Å². The molecule has 9 heavy (non-hydrogen) atoms. The van der Waals surface area contributed by atoms with Crippen LogP contribution in [0.1, 0.15) is 13.8 Å². The van der Waals surface area contributed by atoms with Crippen LogP contribution < -0.4 is 0 Å². The first-order valence-corrected chi connectivity index (χ1v) is 4.42. The normalized spacial score (nSPS) is 39.3. The van der Waals surface area contributed by atoms with Crippen LogP contribution in [0.3, 0.4) is 0 Å². The van der Waals surface area contributed by atoms with Gasteiger partial charge < -0.3 is 9.30 Å². The van der Waals surface area contributed by atoms with Crippen molar-refractivity contribution in [2.45, 2.75) is 26.1 Å². The zero-order valence-corrected chi connectivity index (χ0v) is 8.42. The van der Waals surface area contributed by atoms with Gasteiger partial charge in [0.2, 0.25) is 0 Å². The molecule has 0 radical (unpaired) electrons. The molecule has 0 bridgehead atoms. The summed E-state index contributed by atoms with van der Waals surface area (Å²) in [6.07, 6.45) is 0.900. The Morgan fingerprint density at radius 2 is 1.78 bits per heavy atom. The van der Waals surface area contributed by atoms with Crippen molar-refractivity contribution in [2.75, 3.05) is 13.1 Å². The topological polar surface area (TPSA) is 12.5 Å². The molecule has 0 aliphatic carbocycles. The second-order valence-corrected chi connectivity index (χ2v) is 4.24. The van der Waals surface area contributed by atoms with Crippen LogP contribution in [0.5, 0.6) is 0 Å². The fourth-order valence-corrected chi connectivity index (χ4v) is 2.46. The van der Waals surface area contributed by atoms with Crippen LogP contribution in [0, 0.1) is 0 Å². The number of rotatable bonds is 0. The molecule has 0 aromatic carbocycles. The van der Waals surface area contributed by atoms with Gasteiger partial charge in [0.05, 0.1) is 22.6 Å². The molecular weight excluding hydrogens is 130 g/mol. The van der Waals surface area contributed by atoms with Crippen LogP contribution >= 0.6 is 0 Å². The first kappa shape index (κ1) is 7.25. The highest BCUT2D eigenvalue weighted by atomic mass is 28.2. The van der Waals surface area contributed by atoms with Gasteiger partial charge in [0.15, 0.2) is 0 Å². The molecule has 54 valence electrons. The lowest BCUT2D eigenvalue weighted by atomic mass is 10.3. The van der Waals surface area contributed by atoms with Crippen molar-refractivity contribution in [3.8, 4) is 0 Å². The Morgan fingerprint density at radius 1 is 1.33 bits per heavy atom. The minimum absolute atomic E-state index is 0.450. The van der Waals surface area contributed by atoms with Crippen LogP contribution in [0.4, 0.5) is 0 Å². The maximum atomic E-state index is 5.54. The van der Waals surface area contributed by atoms with E-state index in [0.717, 1.165) is 13.1 Å². The minimum Gasteiger partial charge on any atom is -0.373 e. The second kappa shape index (κ2) is 2.81.